The van der Waals surface area contributed by atoms with Crippen molar-refractivity contribution in [2.24, 2.45) is 0 Å². The molecule has 0 aliphatic heterocycles. The van der Waals surface area contributed by atoms with Gasteiger partial charge in [-0.3, -0.25) is 0 Å². The van der Waals surface area contributed by atoms with Gasteiger partial charge in [-0.05, 0) is 27.5 Å². The fraction of sp³-hybridized carbons (Fsp3) is 0. The van der Waals surface area contributed by atoms with Crippen molar-refractivity contribution in [2.45, 2.75) is 0 Å². The number of nitriles is 1. The third-order valence-electron chi connectivity index (χ3n) is 0.632. The van der Waals surface area contributed by atoms with Gasteiger partial charge in [0, 0.05) is 5.38 Å². The summed E-state index contributed by atoms with van der Waals surface area (Å²) in [5.41, 5.74) is 0.468. The normalized spacial score (nSPS) is 8.50. The zero-order valence-corrected chi connectivity index (χ0v) is 6.16. The Morgan fingerprint density at radius 3 is 2.88 bits per heavy atom. The highest BCUT2D eigenvalue weighted by atomic mass is 79.9. The van der Waals surface area contributed by atoms with Gasteiger partial charge in [0.25, 0.3) is 0 Å². The number of rotatable bonds is 0. The van der Waals surface area contributed by atoms with Crippen LogP contribution in [-0.4, -0.2) is 4.37 Å². The van der Waals surface area contributed by atoms with E-state index in [2.05, 4.69) is 20.3 Å². The maximum Gasteiger partial charge on any atom is 0.168 e. The molecule has 0 atom stereocenters. The molecule has 4 heteroatoms. The van der Waals surface area contributed by atoms with Crippen molar-refractivity contribution in [3.8, 4) is 6.07 Å². The van der Waals surface area contributed by atoms with Gasteiger partial charge in [-0.15, -0.1) is 0 Å². The second-order valence-electron chi connectivity index (χ2n) is 1.12. The van der Waals surface area contributed by atoms with E-state index in [0.29, 0.717) is 5.69 Å². The maximum atomic E-state index is 8.27. The Morgan fingerprint density at radius 1 is 1.88 bits per heavy atom. The van der Waals surface area contributed by atoms with E-state index in [1.807, 2.05) is 6.07 Å². The molecular formula is C4HBrN2S. The Morgan fingerprint density at radius 2 is 2.62 bits per heavy atom. The molecule has 0 saturated heterocycles. The lowest BCUT2D eigenvalue weighted by Crippen LogP contribution is -1.67. The van der Waals surface area contributed by atoms with E-state index in [1.165, 1.54) is 11.5 Å². The third kappa shape index (κ3) is 0.881. The van der Waals surface area contributed by atoms with Crippen molar-refractivity contribution >= 4 is 27.5 Å². The van der Waals surface area contributed by atoms with E-state index in [0.717, 1.165) is 4.47 Å². The van der Waals surface area contributed by atoms with Gasteiger partial charge in [-0.1, -0.05) is 0 Å². The molecule has 40 valence electrons. The summed E-state index contributed by atoms with van der Waals surface area (Å²) in [5, 5.41) is 10.0. The van der Waals surface area contributed by atoms with Crippen molar-refractivity contribution < 1.29 is 0 Å². The maximum absolute atomic E-state index is 8.27. The summed E-state index contributed by atoms with van der Waals surface area (Å²) in [6.07, 6.45) is 0. The van der Waals surface area contributed by atoms with Crippen LogP contribution in [0.3, 0.4) is 0 Å². The van der Waals surface area contributed by atoms with Crippen LogP contribution in [0.25, 0.3) is 0 Å². The van der Waals surface area contributed by atoms with Crippen LogP contribution in [0, 0.1) is 11.3 Å². The molecule has 0 unspecified atom stereocenters. The summed E-state index contributed by atoms with van der Waals surface area (Å²) < 4.78 is 4.55. The SMILES string of the molecule is N#Cc1nscc1Br. The van der Waals surface area contributed by atoms with Gasteiger partial charge in [0.05, 0.1) is 4.47 Å². The summed E-state index contributed by atoms with van der Waals surface area (Å²) in [4.78, 5) is 0. The molecule has 1 aromatic rings. The zero-order chi connectivity index (χ0) is 5.98. The topological polar surface area (TPSA) is 36.7 Å². The van der Waals surface area contributed by atoms with Crippen LogP contribution in [-0.2, 0) is 0 Å². The van der Waals surface area contributed by atoms with Crippen molar-refractivity contribution in [1.82, 2.24) is 4.37 Å². The highest BCUT2D eigenvalue weighted by Crippen LogP contribution is 2.15. The minimum Gasteiger partial charge on any atom is -0.191 e. The fourth-order valence-corrected chi connectivity index (χ4v) is 1.35. The number of aromatic nitrogens is 1. The first-order chi connectivity index (χ1) is 3.84. The third-order valence-corrected chi connectivity index (χ3v) is 2.17. The predicted molar refractivity (Wildman–Crippen MR) is 34.5 cm³/mol. The Balaban J connectivity index is 3.15. The van der Waals surface area contributed by atoms with Gasteiger partial charge >= 0.3 is 0 Å². The van der Waals surface area contributed by atoms with Crippen LogP contribution in [0.4, 0.5) is 0 Å². The Hall–Kier alpha value is -0.400. The molecule has 0 aliphatic rings. The monoisotopic (exact) mass is 188 g/mol. The minimum absolute atomic E-state index is 0.468. The van der Waals surface area contributed by atoms with Gasteiger partial charge < -0.3 is 0 Å². The summed E-state index contributed by atoms with van der Waals surface area (Å²) in [7, 11) is 0. The summed E-state index contributed by atoms with van der Waals surface area (Å²) in [6.45, 7) is 0. The second-order valence-corrected chi connectivity index (χ2v) is 2.61. The van der Waals surface area contributed by atoms with Gasteiger partial charge in [-0.2, -0.15) is 9.64 Å². The minimum atomic E-state index is 0.468. The number of hydrogen-bond acceptors (Lipinski definition) is 3. The Kier molecular flexibility index (Phi) is 1.61. The molecule has 0 spiro atoms. The summed E-state index contributed by atoms with van der Waals surface area (Å²) >= 11 is 4.42. The van der Waals surface area contributed by atoms with Gasteiger partial charge in [0.1, 0.15) is 6.07 Å². The smallest absolute Gasteiger partial charge is 0.168 e. The fourth-order valence-electron chi connectivity index (χ4n) is 0.299. The van der Waals surface area contributed by atoms with Gasteiger partial charge in [0.15, 0.2) is 5.69 Å². The van der Waals surface area contributed by atoms with Gasteiger partial charge in [0.2, 0.25) is 0 Å². The Bertz CT molecular complexity index is 224. The molecule has 0 amide bonds. The molecule has 2 nitrogen and oxygen atoms in total. The van der Waals surface area contributed by atoms with Crippen LogP contribution in [0.5, 0.6) is 0 Å². The number of halogens is 1. The average molecular weight is 189 g/mol. The van der Waals surface area contributed by atoms with E-state index in [1.54, 1.807) is 5.38 Å². The lowest BCUT2D eigenvalue weighted by Gasteiger charge is -1.72. The molecule has 0 aliphatic carbocycles. The molecule has 8 heavy (non-hydrogen) atoms. The average Bonchev–Trinajstić information content (AvgIpc) is 2.14. The molecule has 1 aromatic heterocycles. The van der Waals surface area contributed by atoms with E-state index >= 15 is 0 Å². The molecule has 1 heterocycles. The molecule has 1 rings (SSSR count). The number of hydrogen-bond donors (Lipinski definition) is 0. The van der Waals surface area contributed by atoms with Crippen molar-refractivity contribution in [2.75, 3.05) is 0 Å². The van der Waals surface area contributed by atoms with Crippen LogP contribution < -0.4 is 0 Å². The lowest BCUT2D eigenvalue weighted by molar-refractivity contribution is 1.40. The molecule has 0 N–H and O–H groups in total. The zero-order valence-electron chi connectivity index (χ0n) is 3.76. The molecule has 0 aromatic carbocycles. The first kappa shape index (κ1) is 5.73. The highest BCUT2D eigenvalue weighted by Gasteiger charge is 1.97. The first-order valence-electron chi connectivity index (χ1n) is 1.84. The number of nitrogens with zero attached hydrogens (tertiary/aromatic N) is 2. The van der Waals surface area contributed by atoms with Crippen LogP contribution in [0.15, 0.2) is 9.85 Å². The molecule has 0 bridgehead atoms. The van der Waals surface area contributed by atoms with Crippen LogP contribution in [0.1, 0.15) is 5.69 Å². The van der Waals surface area contributed by atoms with E-state index in [-0.39, 0.29) is 0 Å². The Labute approximate surface area is 59.1 Å². The second kappa shape index (κ2) is 2.25. The van der Waals surface area contributed by atoms with Crippen LogP contribution in [0.2, 0.25) is 0 Å². The predicted octanol–water partition coefficient (Wildman–Crippen LogP) is 1.78. The van der Waals surface area contributed by atoms with Crippen molar-refractivity contribution in [3.05, 3.63) is 15.5 Å². The molecule has 0 fully saturated rings. The van der Waals surface area contributed by atoms with Crippen molar-refractivity contribution in [1.29, 1.82) is 5.26 Å². The summed E-state index contributed by atoms with van der Waals surface area (Å²) in [5.74, 6) is 0. The molecule has 0 radical (unpaired) electrons. The van der Waals surface area contributed by atoms with Crippen molar-refractivity contribution in [3.63, 3.8) is 0 Å². The quantitative estimate of drug-likeness (QED) is 0.623. The van der Waals surface area contributed by atoms with E-state index in [4.69, 9.17) is 5.26 Å². The first-order valence-corrected chi connectivity index (χ1v) is 3.47. The molecule has 0 saturated carbocycles. The highest BCUT2D eigenvalue weighted by molar-refractivity contribution is 9.10. The van der Waals surface area contributed by atoms with E-state index in [9.17, 15) is 0 Å². The van der Waals surface area contributed by atoms with Crippen LogP contribution >= 0.6 is 27.5 Å². The lowest BCUT2D eigenvalue weighted by atomic mass is 10.5. The standard InChI is InChI=1S/C4HBrN2S/c5-3-2-8-7-4(3)1-6/h2H. The molecular weight excluding hydrogens is 188 g/mol. The van der Waals surface area contributed by atoms with E-state index < -0.39 is 0 Å². The summed E-state index contributed by atoms with van der Waals surface area (Å²) in [6, 6.07) is 1.93. The largest absolute Gasteiger partial charge is 0.191 e. The van der Waals surface area contributed by atoms with Gasteiger partial charge in [-0.25, -0.2) is 0 Å².